The molecule has 1 aliphatic rings. The summed E-state index contributed by atoms with van der Waals surface area (Å²) in [6.07, 6.45) is -3.70. The second-order valence-electron chi connectivity index (χ2n) is 3.24. The third kappa shape index (κ3) is 2.00. The predicted octanol–water partition coefficient (Wildman–Crippen LogP) is -1.50. The van der Waals surface area contributed by atoms with Crippen molar-refractivity contribution in [3.05, 3.63) is 0 Å². The predicted molar refractivity (Wildman–Crippen MR) is 44.2 cm³/mol. The Bertz CT molecular complexity index is 161. The first-order chi connectivity index (χ1) is 6.11. The van der Waals surface area contributed by atoms with E-state index < -0.39 is 30.5 Å². The standard InChI is InChI=1S/C8H16O5/c1-4-6(10)7(11)8(12-2)5(3-9)13-4/h4-11H,3H2,1-2H3/t4-,5?,6?,7+,8-/m1/s1. The zero-order chi connectivity index (χ0) is 10.0. The minimum absolute atomic E-state index is 0.230. The molecule has 3 N–H and O–H groups in total. The largest absolute Gasteiger partial charge is 0.394 e. The van der Waals surface area contributed by atoms with Crippen molar-refractivity contribution in [3.63, 3.8) is 0 Å². The fourth-order valence-corrected chi connectivity index (χ4v) is 1.56. The van der Waals surface area contributed by atoms with Gasteiger partial charge in [0.15, 0.2) is 0 Å². The third-order valence-electron chi connectivity index (χ3n) is 2.38. The van der Waals surface area contributed by atoms with Crippen molar-refractivity contribution in [2.45, 2.75) is 37.4 Å². The molecular weight excluding hydrogens is 176 g/mol. The maximum Gasteiger partial charge on any atom is 0.114 e. The maximum absolute atomic E-state index is 9.54. The topological polar surface area (TPSA) is 79.2 Å². The summed E-state index contributed by atoms with van der Waals surface area (Å²) in [6, 6.07) is 0. The van der Waals surface area contributed by atoms with Crippen LogP contribution in [0.15, 0.2) is 0 Å². The molecule has 0 spiro atoms. The lowest BCUT2D eigenvalue weighted by Gasteiger charge is -2.40. The van der Waals surface area contributed by atoms with Gasteiger partial charge in [0, 0.05) is 7.11 Å². The Morgan fingerprint density at radius 2 is 1.92 bits per heavy atom. The zero-order valence-corrected chi connectivity index (χ0v) is 7.75. The smallest absolute Gasteiger partial charge is 0.114 e. The number of aliphatic hydroxyl groups excluding tert-OH is 3. The number of methoxy groups -OCH3 is 1. The van der Waals surface area contributed by atoms with Gasteiger partial charge in [-0.05, 0) is 6.92 Å². The molecule has 0 bridgehead atoms. The van der Waals surface area contributed by atoms with Crippen LogP contribution in [-0.4, -0.2) is 59.6 Å². The van der Waals surface area contributed by atoms with Crippen molar-refractivity contribution in [2.24, 2.45) is 0 Å². The molecule has 1 rings (SSSR count). The van der Waals surface area contributed by atoms with Gasteiger partial charge in [0.1, 0.15) is 24.4 Å². The van der Waals surface area contributed by atoms with Gasteiger partial charge in [-0.15, -0.1) is 0 Å². The molecule has 0 aliphatic carbocycles. The lowest BCUT2D eigenvalue weighted by Crippen LogP contribution is -2.58. The number of rotatable bonds is 2. The summed E-state index contributed by atoms with van der Waals surface area (Å²) in [4.78, 5) is 0. The maximum atomic E-state index is 9.54. The molecule has 0 radical (unpaired) electrons. The van der Waals surface area contributed by atoms with Crippen LogP contribution in [0.25, 0.3) is 0 Å². The summed E-state index contributed by atoms with van der Waals surface area (Å²) in [5, 5.41) is 27.9. The number of hydrogen-bond acceptors (Lipinski definition) is 5. The van der Waals surface area contributed by atoms with Crippen molar-refractivity contribution in [1.29, 1.82) is 0 Å². The SMILES string of the molecule is CO[C@@H]1C(CO)O[C@H](C)C(O)[C@@H]1O. The van der Waals surface area contributed by atoms with Crippen LogP contribution in [0, 0.1) is 0 Å². The first-order valence-corrected chi connectivity index (χ1v) is 4.27. The minimum Gasteiger partial charge on any atom is -0.394 e. The molecule has 5 heteroatoms. The molecule has 1 heterocycles. The zero-order valence-electron chi connectivity index (χ0n) is 7.75. The van der Waals surface area contributed by atoms with Gasteiger partial charge in [-0.2, -0.15) is 0 Å². The Labute approximate surface area is 76.9 Å². The van der Waals surface area contributed by atoms with E-state index in [-0.39, 0.29) is 6.61 Å². The Balaban J connectivity index is 2.69. The highest BCUT2D eigenvalue weighted by molar-refractivity contribution is 4.91. The summed E-state index contributed by atoms with van der Waals surface area (Å²) in [5.74, 6) is 0. The molecule has 0 amide bonds. The van der Waals surface area contributed by atoms with Gasteiger partial charge in [-0.3, -0.25) is 0 Å². The molecule has 0 saturated carbocycles. The molecule has 1 fully saturated rings. The van der Waals surface area contributed by atoms with Crippen molar-refractivity contribution in [3.8, 4) is 0 Å². The van der Waals surface area contributed by atoms with Gasteiger partial charge in [-0.25, -0.2) is 0 Å². The second-order valence-corrected chi connectivity index (χ2v) is 3.24. The molecule has 13 heavy (non-hydrogen) atoms. The summed E-state index contributed by atoms with van der Waals surface area (Å²) >= 11 is 0. The van der Waals surface area contributed by atoms with Crippen LogP contribution in [0.2, 0.25) is 0 Å². The van der Waals surface area contributed by atoms with Crippen molar-refractivity contribution < 1.29 is 24.8 Å². The van der Waals surface area contributed by atoms with Gasteiger partial charge in [0.25, 0.3) is 0 Å². The summed E-state index contributed by atoms with van der Waals surface area (Å²) in [7, 11) is 1.41. The molecule has 5 nitrogen and oxygen atoms in total. The van der Waals surface area contributed by atoms with Crippen LogP contribution >= 0.6 is 0 Å². The highest BCUT2D eigenvalue weighted by Crippen LogP contribution is 2.22. The molecule has 78 valence electrons. The number of hydrogen-bond donors (Lipinski definition) is 3. The van der Waals surface area contributed by atoms with Crippen molar-refractivity contribution >= 4 is 0 Å². The van der Waals surface area contributed by atoms with Crippen molar-refractivity contribution in [1.82, 2.24) is 0 Å². The fraction of sp³-hybridized carbons (Fsp3) is 1.00. The molecule has 1 saturated heterocycles. The van der Waals surface area contributed by atoms with E-state index in [1.54, 1.807) is 6.92 Å². The quantitative estimate of drug-likeness (QED) is 0.496. The lowest BCUT2D eigenvalue weighted by atomic mass is 9.96. The first kappa shape index (κ1) is 10.9. The van der Waals surface area contributed by atoms with E-state index in [9.17, 15) is 10.2 Å². The minimum atomic E-state index is -1.01. The Hall–Kier alpha value is -0.200. The second kappa shape index (κ2) is 4.34. The summed E-state index contributed by atoms with van der Waals surface area (Å²) in [5.41, 5.74) is 0. The van der Waals surface area contributed by atoms with Crippen LogP contribution < -0.4 is 0 Å². The number of aliphatic hydroxyl groups is 3. The molecule has 0 aromatic carbocycles. The Kier molecular flexibility index (Phi) is 3.63. The van der Waals surface area contributed by atoms with Gasteiger partial charge in [0.2, 0.25) is 0 Å². The highest BCUT2D eigenvalue weighted by Gasteiger charge is 2.42. The van der Waals surface area contributed by atoms with Crippen molar-refractivity contribution in [2.75, 3.05) is 13.7 Å². The lowest BCUT2D eigenvalue weighted by molar-refractivity contribution is -0.231. The van der Waals surface area contributed by atoms with Crippen LogP contribution in [-0.2, 0) is 9.47 Å². The van der Waals surface area contributed by atoms with Crippen LogP contribution in [0.1, 0.15) is 6.92 Å². The van der Waals surface area contributed by atoms with E-state index in [0.29, 0.717) is 0 Å². The first-order valence-electron chi connectivity index (χ1n) is 4.27. The van der Waals surface area contributed by atoms with Gasteiger partial charge >= 0.3 is 0 Å². The van der Waals surface area contributed by atoms with Crippen LogP contribution in [0.3, 0.4) is 0 Å². The van der Waals surface area contributed by atoms with Crippen LogP contribution in [0.4, 0.5) is 0 Å². The average Bonchev–Trinajstić information content (AvgIpc) is 2.13. The van der Waals surface area contributed by atoms with E-state index in [4.69, 9.17) is 14.6 Å². The Morgan fingerprint density at radius 3 is 2.38 bits per heavy atom. The third-order valence-corrected chi connectivity index (χ3v) is 2.38. The van der Waals surface area contributed by atoms with E-state index in [0.717, 1.165) is 0 Å². The molecule has 1 aliphatic heterocycles. The monoisotopic (exact) mass is 192 g/mol. The van der Waals surface area contributed by atoms with Gasteiger partial charge in [-0.1, -0.05) is 0 Å². The Morgan fingerprint density at radius 1 is 1.31 bits per heavy atom. The normalized spacial score (nSPS) is 46.4. The van der Waals surface area contributed by atoms with Gasteiger partial charge < -0.3 is 24.8 Å². The average molecular weight is 192 g/mol. The molecule has 0 aromatic heterocycles. The van der Waals surface area contributed by atoms with Crippen LogP contribution in [0.5, 0.6) is 0 Å². The molecular formula is C8H16O5. The fourth-order valence-electron chi connectivity index (χ4n) is 1.56. The van der Waals surface area contributed by atoms with Gasteiger partial charge in [0.05, 0.1) is 12.7 Å². The van der Waals surface area contributed by atoms with E-state index >= 15 is 0 Å². The molecule has 5 atom stereocenters. The summed E-state index contributed by atoms with van der Waals surface area (Å²) in [6.45, 7) is 1.41. The molecule has 0 aromatic rings. The molecule has 2 unspecified atom stereocenters. The van der Waals surface area contributed by atoms with E-state index in [2.05, 4.69) is 0 Å². The van der Waals surface area contributed by atoms with E-state index in [1.807, 2.05) is 0 Å². The summed E-state index contributed by atoms with van der Waals surface area (Å²) < 4.78 is 10.2. The number of ether oxygens (including phenoxy) is 2. The highest BCUT2D eigenvalue weighted by atomic mass is 16.6. The van der Waals surface area contributed by atoms with E-state index in [1.165, 1.54) is 7.11 Å².